The quantitative estimate of drug-likeness (QED) is 0.632. The minimum atomic E-state index is -0.613. The van der Waals surface area contributed by atoms with E-state index in [4.69, 9.17) is 5.73 Å². The lowest BCUT2D eigenvalue weighted by molar-refractivity contribution is -0.122. The summed E-state index contributed by atoms with van der Waals surface area (Å²) in [4.78, 5) is 15.0. The maximum absolute atomic E-state index is 11.9. The fourth-order valence-electron chi connectivity index (χ4n) is 2.12. The van der Waals surface area contributed by atoms with Gasteiger partial charge in [0.25, 0.3) is 0 Å². The molecule has 1 heterocycles. The van der Waals surface area contributed by atoms with Crippen molar-refractivity contribution in [3.8, 4) is 0 Å². The Balaban J connectivity index is 1.97. The molecule has 0 radical (unpaired) electrons. The summed E-state index contributed by atoms with van der Waals surface area (Å²) in [6, 6.07) is 7.30. The number of amides is 1. The predicted molar refractivity (Wildman–Crippen MR) is 79.3 cm³/mol. The third kappa shape index (κ3) is 3.37. The molecule has 1 aromatic heterocycles. The van der Waals surface area contributed by atoms with Crippen LogP contribution in [-0.4, -0.2) is 34.7 Å². The third-order valence-corrected chi connectivity index (χ3v) is 3.43. The van der Waals surface area contributed by atoms with Gasteiger partial charge in [-0.25, -0.2) is 0 Å². The summed E-state index contributed by atoms with van der Waals surface area (Å²) in [5.41, 5.74) is 7.99. The van der Waals surface area contributed by atoms with Crippen LogP contribution in [0.15, 0.2) is 30.5 Å². The van der Waals surface area contributed by atoms with E-state index in [9.17, 15) is 9.90 Å². The van der Waals surface area contributed by atoms with Gasteiger partial charge < -0.3 is 21.1 Å². The maximum atomic E-state index is 11.9. The molecule has 20 heavy (non-hydrogen) atoms. The topological polar surface area (TPSA) is 91.1 Å². The maximum Gasteiger partial charge on any atom is 0.237 e. The molecular weight excluding hydrogens is 254 g/mol. The number of carbonyl (C=O) groups is 1. The number of aromatic amines is 1. The molecule has 2 atom stereocenters. The molecule has 2 rings (SSSR count). The number of hydrogen-bond donors (Lipinski definition) is 4. The lowest BCUT2D eigenvalue weighted by Crippen LogP contribution is -2.44. The van der Waals surface area contributed by atoms with Gasteiger partial charge in [-0.1, -0.05) is 25.1 Å². The molecule has 0 spiro atoms. The van der Waals surface area contributed by atoms with Crippen molar-refractivity contribution in [2.75, 3.05) is 6.54 Å². The number of para-hydroxylation sites is 1. The van der Waals surface area contributed by atoms with E-state index in [0.29, 0.717) is 12.8 Å². The number of aromatic nitrogens is 1. The zero-order valence-electron chi connectivity index (χ0n) is 11.6. The minimum absolute atomic E-state index is 0.234. The number of fused-ring (bicyclic) bond motifs is 1. The molecule has 5 nitrogen and oxygen atoms in total. The fourth-order valence-corrected chi connectivity index (χ4v) is 2.12. The number of rotatable bonds is 6. The van der Waals surface area contributed by atoms with Crippen LogP contribution in [0.2, 0.25) is 0 Å². The van der Waals surface area contributed by atoms with Crippen LogP contribution in [0.4, 0.5) is 0 Å². The lowest BCUT2D eigenvalue weighted by Gasteiger charge is -2.14. The summed E-state index contributed by atoms with van der Waals surface area (Å²) >= 11 is 0. The molecule has 0 aliphatic heterocycles. The first-order valence-electron chi connectivity index (χ1n) is 6.88. The highest BCUT2D eigenvalue weighted by molar-refractivity contribution is 5.86. The van der Waals surface area contributed by atoms with Crippen molar-refractivity contribution in [3.63, 3.8) is 0 Å². The van der Waals surface area contributed by atoms with Gasteiger partial charge in [0, 0.05) is 23.6 Å². The number of carbonyl (C=O) groups excluding carboxylic acids is 1. The molecule has 5 heteroatoms. The standard InChI is InChI=1S/C15H21N3O2/c1-2-11(19)9-18-15(20)13(16)7-10-8-17-14-6-4-3-5-12(10)14/h3-6,8,11,13,17,19H,2,7,9,16H2,1H3,(H,18,20). The van der Waals surface area contributed by atoms with Crippen LogP contribution in [0.1, 0.15) is 18.9 Å². The Kier molecular flexibility index (Phi) is 4.76. The van der Waals surface area contributed by atoms with E-state index in [1.165, 1.54) is 0 Å². The summed E-state index contributed by atoms with van der Waals surface area (Å²) in [7, 11) is 0. The van der Waals surface area contributed by atoms with Gasteiger partial charge in [-0.2, -0.15) is 0 Å². The summed E-state index contributed by atoms with van der Waals surface area (Å²) in [6.07, 6.45) is 2.45. The number of H-pyrrole nitrogens is 1. The monoisotopic (exact) mass is 275 g/mol. The third-order valence-electron chi connectivity index (χ3n) is 3.43. The molecule has 108 valence electrons. The Hall–Kier alpha value is -1.85. The number of aliphatic hydroxyl groups excluding tert-OH is 1. The summed E-state index contributed by atoms with van der Waals surface area (Å²) in [6.45, 7) is 2.11. The van der Waals surface area contributed by atoms with Gasteiger partial charge >= 0.3 is 0 Å². The van der Waals surface area contributed by atoms with Crippen LogP contribution in [0.3, 0.4) is 0 Å². The van der Waals surface area contributed by atoms with Crippen molar-refractivity contribution >= 4 is 16.8 Å². The van der Waals surface area contributed by atoms with Crippen molar-refractivity contribution in [3.05, 3.63) is 36.0 Å². The molecule has 2 aromatic rings. The number of hydrogen-bond acceptors (Lipinski definition) is 3. The molecule has 0 aliphatic rings. The first-order chi connectivity index (χ1) is 9.61. The highest BCUT2D eigenvalue weighted by Gasteiger charge is 2.16. The van der Waals surface area contributed by atoms with E-state index in [2.05, 4.69) is 10.3 Å². The normalized spacial score (nSPS) is 14.2. The first-order valence-corrected chi connectivity index (χ1v) is 6.88. The van der Waals surface area contributed by atoms with Crippen molar-refractivity contribution in [1.82, 2.24) is 10.3 Å². The molecular formula is C15H21N3O2. The number of nitrogens with two attached hydrogens (primary N) is 1. The summed E-state index contributed by atoms with van der Waals surface area (Å²) in [5.74, 6) is -0.234. The van der Waals surface area contributed by atoms with Gasteiger partial charge in [0.15, 0.2) is 0 Å². The van der Waals surface area contributed by atoms with Crippen molar-refractivity contribution in [2.24, 2.45) is 5.73 Å². The van der Waals surface area contributed by atoms with Crippen LogP contribution in [0, 0.1) is 0 Å². The van der Waals surface area contributed by atoms with E-state index < -0.39 is 12.1 Å². The van der Waals surface area contributed by atoms with Crippen molar-refractivity contribution < 1.29 is 9.90 Å². The van der Waals surface area contributed by atoms with E-state index in [1.807, 2.05) is 37.4 Å². The van der Waals surface area contributed by atoms with Gasteiger partial charge in [0.2, 0.25) is 5.91 Å². The van der Waals surface area contributed by atoms with Crippen LogP contribution in [0.25, 0.3) is 10.9 Å². The number of benzene rings is 1. The molecule has 1 amide bonds. The molecule has 0 bridgehead atoms. The van der Waals surface area contributed by atoms with E-state index >= 15 is 0 Å². The minimum Gasteiger partial charge on any atom is -0.391 e. The molecule has 1 aromatic carbocycles. The van der Waals surface area contributed by atoms with E-state index in [1.54, 1.807) is 0 Å². The average molecular weight is 275 g/mol. The van der Waals surface area contributed by atoms with Crippen LogP contribution >= 0.6 is 0 Å². The Bertz CT molecular complexity index is 579. The fraction of sp³-hybridized carbons (Fsp3) is 0.400. The molecule has 0 saturated heterocycles. The SMILES string of the molecule is CCC(O)CNC(=O)C(N)Cc1c[nH]c2ccccc12. The van der Waals surface area contributed by atoms with Gasteiger partial charge in [-0.3, -0.25) is 4.79 Å². The average Bonchev–Trinajstić information content (AvgIpc) is 2.87. The largest absolute Gasteiger partial charge is 0.391 e. The van der Waals surface area contributed by atoms with Gasteiger partial charge in [0.05, 0.1) is 12.1 Å². The molecule has 0 aliphatic carbocycles. The molecule has 5 N–H and O–H groups in total. The van der Waals surface area contributed by atoms with Crippen LogP contribution in [-0.2, 0) is 11.2 Å². The number of nitrogens with one attached hydrogen (secondary N) is 2. The molecule has 0 fully saturated rings. The summed E-state index contributed by atoms with van der Waals surface area (Å²) < 4.78 is 0. The number of aliphatic hydroxyl groups is 1. The van der Waals surface area contributed by atoms with Crippen molar-refractivity contribution in [2.45, 2.75) is 31.9 Å². The zero-order valence-corrected chi connectivity index (χ0v) is 11.6. The van der Waals surface area contributed by atoms with Crippen molar-refractivity contribution in [1.29, 1.82) is 0 Å². The van der Waals surface area contributed by atoms with Gasteiger partial charge in [0.1, 0.15) is 0 Å². The van der Waals surface area contributed by atoms with Gasteiger partial charge in [-0.15, -0.1) is 0 Å². The van der Waals surface area contributed by atoms with Crippen LogP contribution < -0.4 is 11.1 Å². The van der Waals surface area contributed by atoms with E-state index in [0.717, 1.165) is 16.5 Å². The Morgan fingerprint density at radius 2 is 2.20 bits per heavy atom. The zero-order chi connectivity index (χ0) is 14.5. The highest BCUT2D eigenvalue weighted by atomic mass is 16.3. The second-order valence-corrected chi connectivity index (χ2v) is 4.98. The second-order valence-electron chi connectivity index (χ2n) is 4.98. The first kappa shape index (κ1) is 14.6. The molecule has 2 unspecified atom stereocenters. The highest BCUT2D eigenvalue weighted by Crippen LogP contribution is 2.18. The van der Waals surface area contributed by atoms with Gasteiger partial charge in [-0.05, 0) is 24.5 Å². The molecule has 0 saturated carbocycles. The van der Waals surface area contributed by atoms with E-state index in [-0.39, 0.29) is 12.5 Å². The lowest BCUT2D eigenvalue weighted by atomic mass is 10.1. The Morgan fingerprint density at radius 1 is 1.45 bits per heavy atom. The summed E-state index contributed by atoms with van der Waals surface area (Å²) in [5, 5.41) is 13.2. The predicted octanol–water partition coefficient (Wildman–Crippen LogP) is 0.925. The Morgan fingerprint density at radius 3 is 2.95 bits per heavy atom. The Labute approximate surface area is 118 Å². The smallest absolute Gasteiger partial charge is 0.237 e. The second kappa shape index (κ2) is 6.54. The van der Waals surface area contributed by atoms with Crippen LogP contribution in [0.5, 0.6) is 0 Å².